The van der Waals surface area contributed by atoms with Crippen molar-refractivity contribution in [1.29, 1.82) is 0 Å². The quantitative estimate of drug-likeness (QED) is 0.878. The molecule has 2 aromatic rings. The molecule has 0 unspecified atom stereocenters. The topological polar surface area (TPSA) is 82.3 Å². The Bertz CT molecular complexity index is 646. The number of nitrogens with zero attached hydrogens (tertiary/aromatic N) is 2. The predicted octanol–water partition coefficient (Wildman–Crippen LogP) is 2.35. The summed E-state index contributed by atoms with van der Waals surface area (Å²) < 4.78 is 10.7. The second-order valence-corrected chi connectivity index (χ2v) is 4.88. The first kappa shape index (κ1) is 13.5. The molecule has 0 aliphatic carbocycles. The van der Waals surface area contributed by atoms with Gasteiger partial charge in [0.05, 0.1) is 0 Å². The molecule has 0 saturated heterocycles. The molecular formula is C15H18N4O2. The van der Waals surface area contributed by atoms with Gasteiger partial charge in [0.15, 0.2) is 11.5 Å². The van der Waals surface area contributed by atoms with Crippen LogP contribution in [0.3, 0.4) is 0 Å². The average molecular weight is 286 g/mol. The van der Waals surface area contributed by atoms with Crippen LogP contribution in [-0.2, 0) is 13.0 Å². The van der Waals surface area contributed by atoms with E-state index in [-0.39, 0.29) is 6.79 Å². The second-order valence-electron chi connectivity index (χ2n) is 4.88. The summed E-state index contributed by atoms with van der Waals surface area (Å²) in [7, 11) is 0. The molecule has 6 heteroatoms. The Balaban J connectivity index is 1.74. The number of hydrogen-bond acceptors (Lipinski definition) is 6. The van der Waals surface area contributed by atoms with Gasteiger partial charge in [-0.2, -0.15) is 0 Å². The first-order valence-electron chi connectivity index (χ1n) is 6.99. The van der Waals surface area contributed by atoms with E-state index in [0.29, 0.717) is 12.4 Å². The molecule has 110 valence electrons. The van der Waals surface area contributed by atoms with E-state index in [1.54, 1.807) is 0 Å². The summed E-state index contributed by atoms with van der Waals surface area (Å²) in [6.45, 7) is 3.03. The molecule has 0 spiro atoms. The zero-order valence-electron chi connectivity index (χ0n) is 11.9. The number of benzene rings is 1. The van der Waals surface area contributed by atoms with Crippen LogP contribution in [-0.4, -0.2) is 16.8 Å². The minimum absolute atomic E-state index is 0.287. The Morgan fingerprint density at radius 2 is 2.10 bits per heavy atom. The first-order valence-corrected chi connectivity index (χ1v) is 6.99. The van der Waals surface area contributed by atoms with Gasteiger partial charge in [0.25, 0.3) is 0 Å². The average Bonchev–Trinajstić information content (AvgIpc) is 2.95. The molecule has 1 aromatic heterocycles. The molecular weight excluding hydrogens is 268 g/mol. The van der Waals surface area contributed by atoms with Crippen LogP contribution in [0.15, 0.2) is 24.5 Å². The van der Waals surface area contributed by atoms with Crippen molar-refractivity contribution in [2.75, 3.05) is 17.8 Å². The van der Waals surface area contributed by atoms with Crippen molar-refractivity contribution in [2.24, 2.45) is 0 Å². The molecule has 1 aliphatic heterocycles. The highest BCUT2D eigenvalue weighted by molar-refractivity contribution is 5.55. The lowest BCUT2D eigenvalue weighted by Crippen LogP contribution is -2.08. The highest BCUT2D eigenvalue weighted by atomic mass is 16.7. The summed E-state index contributed by atoms with van der Waals surface area (Å²) in [5, 5.41) is 3.32. The highest BCUT2D eigenvalue weighted by Gasteiger charge is 2.13. The largest absolute Gasteiger partial charge is 0.454 e. The van der Waals surface area contributed by atoms with Gasteiger partial charge in [0.2, 0.25) is 6.79 Å². The highest BCUT2D eigenvalue weighted by Crippen LogP contribution is 2.32. The van der Waals surface area contributed by atoms with Crippen molar-refractivity contribution in [2.45, 2.75) is 26.3 Å². The summed E-state index contributed by atoms with van der Waals surface area (Å²) in [6.07, 6.45) is 3.34. The second kappa shape index (κ2) is 5.87. The number of nitrogens with two attached hydrogens (primary N) is 1. The molecule has 3 N–H and O–H groups in total. The fourth-order valence-corrected chi connectivity index (χ4v) is 2.31. The molecule has 6 nitrogen and oxygen atoms in total. The Morgan fingerprint density at radius 1 is 1.24 bits per heavy atom. The maximum atomic E-state index is 5.92. The van der Waals surface area contributed by atoms with Crippen LogP contribution >= 0.6 is 0 Å². The standard InChI is InChI=1S/C15H18N4O2/c1-2-3-11-14(16)18-8-19-15(11)17-7-10-4-5-12-13(6-10)21-9-20-12/h4-6,8H,2-3,7,9H2,1H3,(H3,16,17,18,19). The number of nitrogens with one attached hydrogen (secondary N) is 1. The lowest BCUT2D eigenvalue weighted by Gasteiger charge is -2.12. The Kier molecular flexibility index (Phi) is 3.77. The smallest absolute Gasteiger partial charge is 0.231 e. The molecule has 0 atom stereocenters. The van der Waals surface area contributed by atoms with E-state index >= 15 is 0 Å². The third-order valence-corrected chi connectivity index (χ3v) is 3.38. The monoisotopic (exact) mass is 286 g/mol. The molecule has 21 heavy (non-hydrogen) atoms. The van der Waals surface area contributed by atoms with Crippen LogP contribution in [0, 0.1) is 0 Å². The van der Waals surface area contributed by atoms with Crippen LogP contribution < -0.4 is 20.5 Å². The van der Waals surface area contributed by atoms with Crippen molar-refractivity contribution < 1.29 is 9.47 Å². The minimum Gasteiger partial charge on any atom is -0.454 e. The normalized spacial score (nSPS) is 12.4. The molecule has 0 bridgehead atoms. The SMILES string of the molecule is CCCc1c(N)ncnc1NCc1ccc2c(c1)OCO2. The van der Waals surface area contributed by atoms with E-state index in [1.807, 2.05) is 18.2 Å². The number of ether oxygens (including phenoxy) is 2. The summed E-state index contributed by atoms with van der Waals surface area (Å²) >= 11 is 0. The van der Waals surface area contributed by atoms with Crippen LogP contribution in [0.5, 0.6) is 11.5 Å². The maximum Gasteiger partial charge on any atom is 0.231 e. The van der Waals surface area contributed by atoms with Crippen LogP contribution in [0.25, 0.3) is 0 Å². The number of rotatable bonds is 5. The molecule has 0 amide bonds. The lowest BCUT2D eigenvalue weighted by atomic mass is 10.1. The van der Waals surface area contributed by atoms with Gasteiger partial charge >= 0.3 is 0 Å². The minimum atomic E-state index is 0.287. The first-order chi connectivity index (χ1) is 10.3. The zero-order chi connectivity index (χ0) is 14.7. The molecule has 1 aliphatic rings. The zero-order valence-corrected chi connectivity index (χ0v) is 11.9. The fraction of sp³-hybridized carbons (Fsp3) is 0.333. The van der Waals surface area contributed by atoms with E-state index in [2.05, 4.69) is 22.2 Å². The van der Waals surface area contributed by atoms with Crippen molar-refractivity contribution in [1.82, 2.24) is 9.97 Å². The summed E-state index contributed by atoms with van der Waals surface area (Å²) in [5.41, 5.74) is 7.99. The van der Waals surface area contributed by atoms with Gasteiger partial charge in [-0.3, -0.25) is 0 Å². The fourth-order valence-electron chi connectivity index (χ4n) is 2.31. The van der Waals surface area contributed by atoms with Crippen LogP contribution in [0.1, 0.15) is 24.5 Å². The van der Waals surface area contributed by atoms with Crippen molar-refractivity contribution >= 4 is 11.6 Å². The van der Waals surface area contributed by atoms with Crippen molar-refractivity contribution in [3.8, 4) is 11.5 Å². The number of aromatic nitrogens is 2. The van der Waals surface area contributed by atoms with Gasteiger partial charge in [-0.05, 0) is 24.1 Å². The third-order valence-electron chi connectivity index (χ3n) is 3.38. The predicted molar refractivity (Wildman–Crippen MR) is 80.3 cm³/mol. The summed E-state index contributed by atoms with van der Waals surface area (Å²) in [6, 6.07) is 5.89. The van der Waals surface area contributed by atoms with Gasteiger partial charge in [-0.25, -0.2) is 9.97 Å². The van der Waals surface area contributed by atoms with E-state index in [9.17, 15) is 0 Å². The van der Waals surface area contributed by atoms with Gasteiger partial charge in [-0.1, -0.05) is 19.4 Å². The Hall–Kier alpha value is -2.50. The molecule has 0 fully saturated rings. The van der Waals surface area contributed by atoms with Crippen molar-refractivity contribution in [3.05, 3.63) is 35.7 Å². The maximum absolute atomic E-state index is 5.92. The van der Waals surface area contributed by atoms with Gasteiger partial charge in [-0.15, -0.1) is 0 Å². The molecule has 3 rings (SSSR count). The molecule has 0 saturated carbocycles. The Labute approximate surface area is 123 Å². The van der Waals surface area contributed by atoms with Gasteiger partial charge < -0.3 is 20.5 Å². The van der Waals surface area contributed by atoms with Crippen LogP contribution in [0.4, 0.5) is 11.6 Å². The van der Waals surface area contributed by atoms with Gasteiger partial charge in [0.1, 0.15) is 18.0 Å². The lowest BCUT2D eigenvalue weighted by molar-refractivity contribution is 0.174. The summed E-state index contributed by atoms with van der Waals surface area (Å²) in [5.74, 6) is 2.91. The summed E-state index contributed by atoms with van der Waals surface area (Å²) in [4.78, 5) is 8.34. The number of anilines is 2. The van der Waals surface area contributed by atoms with E-state index in [4.69, 9.17) is 15.2 Å². The third kappa shape index (κ3) is 2.84. The van der Waals surface area contributed by atoms with Gasteiger partial charge in [0, 0.05) is 12.1 Å². The molecule has 2 heterocycles. The molecule has 0 radical (unpaired) electrons. The van der Waals surface area contributed by atoms with Crippen molar-refractivity contribution in [3.63, 3.8) is 0 Å². The number of nitrogen functional groups attached to an aromatic ring is 1. The number of hydrogen-bond donors (Lipinski definition) is 2. The Morgan fingerprint density at radius 3 is 2.95 bits per heavy atom. The van der Waals surface area contributed by atoms with Crippen LogP contribution in [0.2, 0.25) is 0 Å². The molecule has 1 aromatic carbocycles. The van der Waals surface area contributed by atoms with E-state index in [1.165, 1.54) is 6.33 Å². The number of fused-ring (bicyclic) bond motifs is 1. The van der Waals surface area contributed by atoms with E-state index < -0.39 is 0 Å². The van der Waals surface area contributed by atoms with E-state index in [0.717, 1.165) is 41.3 Å².